The van der Waals surface area contributed by atoms with Crippen LogP contribution in [0.2, 0.25) is 0 Å². The van der Waals surface area contributed by atoms with Gasteiger partial charge in [-0.2, -0.15) is 0 Å². The Kier molecular flexibility index (Phi) is 3.44. The summed E-state index contributed by atoms with van der Waals surface area (Å²) in [5.41, 5.74) is 20.6. The molecule has 0 radical (unpaired) electrons. The molecule has 4 N–H and O–H groups in total. The first-order chi connectivity index (χ1) is 13.2. The molecule has 0 bridgehead atoms. The molecule has 4 nitrogen and oxygen atoms in total. The Bertz CT molecular complexity index is 1170. The van der Waals surface area contributed by atoms with E-state index in [-0.39, 0.29) is 0 Å². The number of aromatic nitrogens is 2. The lowest BCUT2D eigenvalue weighted by Crippen LogP contribution is -2.05. The molecule has 0 saturated heterocycles. The Labute approximate surface area is 157 Å². The van der Waals surface area contributed by atoms with Gasteiger partial charge < -0.3 is 11.5 Å². The van der Waals surface area contributed by atoms with Crippen LogP contribution in [0.4, 0.5) is 11.5 Å². The number of nitrogens with two attached hydrogens (primary N) is 2. The van der Waals surface area contributed by atoms with Crippen molar-refractivity contribution in [2.45, 2.75) is 6.42 Å². The van der Waals surface area contributed by atoms with Gasteiger partial charge in [0.1, 0.15) is 11.4 Å². The van der Waals surface area contributed by atoms with Gasteiger partial charge >= 0.3 is 0 Å². The van der Waals surface area contributed by atoms with Crippen molar-refractivity contribution in [3.8, 4) is 33.8 Å². The van der Waals surface area contributed by atoms with Crippen molar-refractivity contribution in [1.82, 2.24) is 9.97 Å². The van der Waals surface area contributed by atoms with Crippen molar-refractivity contribution < 1.29 is 0 Å². The van der Waals surface area contributed by atoms with Crippen molar-refractivity contribution in [3.05, 3.63) is 83.9 Å². The van der Waals surface area contributed by atoms with E-state index in [1.165, 1.54) is 22.3 Å². The molecule has 0 fully saturated rings. The van der Waals surface area contributed by atoms with E-state index < -0.39 is 0 Å². The van der Waals surface area contributed by atoms with E-state index in [0.717, 1.165) is 17.5 Å². The minimum atomic E-state index is 0.308. The number of nitrogen functional groups attached to an aromatic ring is 2. The van der Waals surface area contributed by atoms with Gasteiger partial charge in [0.15, 0.2) is 11.6 Å². The minimum Gasteiger partial charge on any atom is -0.394 e. The van der Waals surface area contributed by atoms with Gasteiger partial charge in [-0.3, -0.25) is 0 Å². The van der Waals surface area contributed by atoms with E-state index in [4.69, 9.17) is 16.5 Å². The summed E-state index contributed by atoms with van der Waals surface area (Å²) in [5, 5.41) is 0. The third kappa shape index (κ3) is 2.46. The van der Waals surface area contributed by atoms with Crippen LogP contribution < -0.4 is 11.5 Å². The third-order valence-corrected chi connectivity index (χ3v) is 5.08. The molecule has 3 aromatic carbocycles. The van der Waals surface area contributed by atoms with Gasteiger partial charge in [0, 0.05) is 11.1 Å². The first-order valence-corrected chi connectivity index (χ1v) is 8.91. The lowest BCUT2D eigenvalue weighted by Gasteiger charge is -2.14. The highest BCUT2D eigenvalue weighted by atomic mass is 15.0. The van der Waals surface area contributed by atoms with E-state index in [1.54, 1.807) is 0 Å². The molecule has 1 aromatic heterocycles. The SMILES string of the molecule is Nc1nc(-c2ccccc2)nc(-c2cccc3c2-c2ccccc2C3)c1N. The van der Waals surface area contributed by atoms with E-state index in [1.807, 2.05) is 30.3 Å². The fraction of sp³-hybridized carbons (Fsp3) is 0.0435. The zero-order chi connectivity index (χ0) is 18.4. The Balaban J connectivity index is 1.77. The van der Waals surface area contributed by atoms with Gasteiger partial charge in [-0.15, -0.1) is 0 Å². The fourth-order valence-electron chi connectivity index (χ4n) is 3.79. The zero-order valence-corrected chi connectivity index (χ0v) is 14.7. The van der Waals surface area contributed by atoms with Crippen LogP contribution in [0.1, 0.15) is 11.1 Å². The second kappa shape index (κ2) is 5.95. The molecule has 27 heavy (non-hydrogen) atoms. The molecule has 0 spiro atoms. The average molecular weight is 350 g/mol. The molecule has 1 heterocycles. The molecule has 0 saturated carbocycles. The van der Waals surface area contributed by atoms with Gasteiger partial charge in [-0.05, 0) is 28.7 Å². The van der Waals surface area contributed by atoms with E-state index in [0.29, 0.717) is 23.0 Å². The van der Waals surface area contributed by atoms with Crippen LogP contribution in [-0.4, -0.2) is 9.97 Å². The summed E-state index contributed by atoms with van der Waals surface area (Å²) in [5.74, 6) is 0.893. The summed E-state index contributed by atoms with van der Waals surface area (Å²) in [7, 11) is 0. The largest absolute Gasteiger partial charge is 0.394 e. The predicted molar refractivity (Wildman–Crippen MR) is 110 cm³/mol. The van der Waals surface area contributed by atoms with Crippen molar-refractivity contribution in [1.29, 1.82) is 0 Å². The Hall–Kier alpha value is -3.66. The Morgan fingerprint density at radius 2 is 1.37 bits per heavy atom. The highest BCUT2D eigenvalue weighted by Crippen LogP contribution is 2.44. The van der Waals surface area contributed by atoms with Crippen LogP contribution in [0.15, 0.2) is 72.8 Å². The molecule has 5 rings (SSSR count). The summed E-state index contributed by atoms with van der Waals surface area (Å²) in [6.45, 7) is 0. The zero-order valence-electron chi connectivity index (χ0n) is 14.7. The maximum absolute atomic E-state index is 6.33. The molecule has 0 aliphatic heterocycles. The number of nitrogens with zero attached hydrogens (tertiary/aromatic N) is 2. The summed E-state index contributed by atoms with van der Waals surface area (Å²) < 4.78 is 0. The van der Waals surface area contributed by atoms with Gasteiger partial charge in [-0.1, -0.05) is 72.8 Å². The lowest BCUT2D eigenvalue weighted by molar-refractivity contribution is 1.19. The Morgan fingerprint density at radius 3 is 2.22 bits per heavy atom. The number of hydrogen-bond acceptors (Lipinski definition) is 4. The smallest absolute Gasteiger partial charge is 0.162 e. The van der Waals surface area contributed by atoms with Crippen molar-refractivity contribution in [3.63, 3.8) is 0 Å². The van der Waals surface area contributed by atoms with Gasteiger partial charge in [0.25, 0.3) is 0 Å². The Morgan fingerprint density at radius 1 is 0.667 bits per heavy atom. The fourth-order valence-corrected chi connectivity index (χ4v) is 3.79. The highest BCUT2D eigenvalue weighted by Gasteiger charge is 2.24. The lowest BCUT2D eigenvalue weighted by atomic mass is 9.96. The number of rotatable bonds is 2. The molecule has 0 unspecified atom stereocenters. The predicted octanol–water partition coefficient (Wildman–Crippen LogP) is 4.55. The molecule has 130 valence electrons. The standard InChI is InChI=1S/C23H18N4/c24-20-21(26-23(27-22(20)25)14-7-2-1-3-8-14)18-12-6-10-16-13-15-9-4-5-11-17(15)19(16)18/h1-12H,13,24H2,(H2,25,26,27). The minimum absolute atomic E-state index is 0.308. The van der Waals surface area contributed by atoms with Crippen LogP contribution >= 0.6 is 0 Å². The molecule has 0 atom stereocenters. The van der Waals surface area contributed by atoms with Crippen molar-refractivity contribution in [2.24, 2.45) is 0 Å². The normalized spacial score (nSPS) is 11.9. The van der Waals surface area contributed by atoms with Crippen LogP contribution in [0.3, 0.4) is 0 Å². The van der Waals surface area contributed by atoms with E-state index in [9.17, 15) is 0 Å². The van der Waals surface area contributed by atoms with E-state index >= 15 is 0 Å². The summed E-state index contributed by atoms with van der Waals surface area (Å²) >= 11 is 0. The molecular weight excluding hydrogens is 332 g/mol. The van der Waals surface area contributed by atoms with Crippen LogP contribution in [0.25, 0.3) is 33.8 Å². The first kappa shape index (κ1) is 15.6. The molecule has 0 amide bonds. The number of fused-ring (bicyclic) bond motifs is 3. The topological polar surface area (TPSA) is 77.8 Å². The number of benzene rings is 3. The van der Waals surface area contributed by atoms with Crippen LogP contribution in [-0.2, 0) is 6.42 Å². The van der Waals surface area contributed by atoms with Gasteiger partial charge in [-0.25, -0.2) is 9.97 Å². The van der Waals surface area contributed by atoms with Gasteiger partial charge in [0.2, 0.25) is 0 Å². The summed E-state index contributed by atoms with van der Waals surface area (Å²) in [6.07, 6.45) is 0.922. The molecule has 4 aromatic rings. The molecule has 1 aliphatic carbocycles. The van der Waals surface area contributed by atoms with E-state index in [2.05, 4.69) is 47.4 Å². The highest BCUT2D eigenvalue weighted by molar-refractivity contribution is 5.94. The second-order valence-electron chi connectivity index (χ2n) is 6.73. The van der Waals surface area contributed by atoms with Crippen molar-refractivity contribution in [2.75, 3.05) is 11.5 Å². The number of hydrogen-bond donors (Lipinski definition) is 2. The van der Waals surface area contributed by atoms with Crippen LogP contribution in [0, 0.1) is 0 Å². The molecular formula is C23H18N4. The molecule has 1 aliphatic rings. The second-order valence-corrected chi connectivity index (χ2v) is 6.73. The summed E-state index contributed by atoms with van der Waals surface area (Å²) in [6, 6.07) is 24.6. The summed E-state index contributed by atoms with van der Waals surface area (Å²) in [4.78, 5) is 9.22. The van der Waals surface area contributed by atoms with Crippen LogP contribution in [0.5, 0.6) is 0 Å². The first-order valence-electron chi connectivity index (χ1n) is 8.91. The maximum Gasteiger partial charge on any atom is 0.162 e. The number of anilines is 2. The average Bonchev–Trinajstić information content (AvgIpc) is 3.09. The van der Waals surface area contributed by atoms with Gasteiger partial charge in [0.05, 0.1) is 0 Å². The molecule has 4 heteroatoms. The monoisotopic (exact) mass is 350 g/mol. The third-order valence-electron chi connectivity index (χ3n) is 5.08. The quantitative estimate of drug-likeness (QED) is 0.490. The van der Waals surface area contributed by atoms with Crippen molar-refractivity contribution >= 4 is 11.5 Å². The maximum atomic E-state index is 6.33.